The van der Waals surface area contributed by atoms with Gasteiger partial charge in [-0.05, 0) is 0 Å². The number of thiocarbonyl (C=S) groups is 2. The monoisotopic (exact) mass is 466 g/mol. The number of fused-ring (bicyclic) bond motifs is 1. The van der Waals surface area contributed by atoms with Crippen LogP contribution in [-0.4, -0.2) is 45.8 Å². The average molecular weight is 465 g/mol. The van der Waals surface area contributed by atoms with Gasteiger partial charge in [0, 0.05) is 10.7 Å². The van der Waals surface area contributed by atoms with Crippen molar-refractivity contribution in [3.05, 3.63) is 47.5 Å². The maximum absolute atomic E-state index is 9.01. The van der Waals surface area contributed by atoms with Crippen LogP contribution in [0.25, 0.3) is 10.8 Å². The Balaban J connectivity index is 0.000000558. The molecule has 24 heavy (non-hydrogen) atoms. The summed E-state index contributed by atoms with van der Waals surface area (Å²) in [6, 6.07) is 13.2. The summed E-state index contributed by atoms with van der Waals surface area (Å²) in [5, 5.41) is 4.67. The molecule has 0 amide bonds. The first-order valence-electron chi connectivity index (χ1n) is 7.25. The molecule has 6 heteroatoms. The smallest absolute Gasteiger partial charge is 0.153 e. The van der Waals surface area contributed by atoms with E-state index in [1.54, 1.807) is 22.5 Å². The van der Waals surface area contributed by atoms with Gasteiger partial charge in [0.05, 0.1) is 0 Å². The molecule has 0 aliphatic carbocycles. The van der Waals surface area contributed by atoms with Gasteiger partial charge in [-0.1, -0.05) is 24.4 Å². The summed E-state index contributed by atoms with van der Waals surface area (Å²) in [4.78, 5) is 18.0. The fraction of sp³-hybridized carbons (Fsp3) is 0.222. The molecule has 2 aromatic rings. The molecule has 3 nitrogen and oxygen atoms in total. The maximum atomic E-state index is 9.01. The zero-order chi connectivity index (χ0) is 18.4. The molecule has 3 radical (unpaired) electrons. The number of carbonyl (C=O) groups excluding carboxylic acids is 2. The molecule has 2 N–H and O–H groups in total. The van der Waals surface area contributed by atoms with Gasteiger partial charge in [-0.2, -0.15) is 0 Å². The minimum Gasteiger partial charge on any atom is -0.298 e. The Bertz CT molecular complexity index is 651. The quantitative estimate of drug-likeness (QED) is 0.417. The van der Waals surface area contributed by atoms with E-state index >= 15 is 0 Å². The van der Waals surface area contributed by atoms with E-state index < -0.39 is 0 Å². The van der Waals surface area contributed by atoms with Gasteiger partial charge >= 0.3 is 110 Å². The Hall–Kier alpha value is -1.02. The van der Waals surface area contributed by atoms with Crippen molar-refractivity contribution in [2.75, 3.05) is 0 Å². The minimum atomic E-state index is 0.127. The second-order valence-corrected chi connectivity index (χ2v) is 6.70. The normalized spacial score (nSPS) is 10.3. The van der Waals surface area contributed by atoms with Gasteiger partial charge in [-0.25, -0.2) is 0 Å². The standard InChI is InChI=1S/C14H16N.2C2H2OS.Sn/c1-3-11-8-12-6-4-5-7-13(12)9-14(11)10(2)15;2*3-1-2-4;/h4-10H,1,3,15H2,2H3;2*1-2H;. The van der Waals surface area contributed by atoms with Crippen molar-refractivity contribution in [3.63, 3.8) is 0 Å². The number of carbonyl (C=O) groups is 2. The predicted molar refractivity (Wildman–Crippen MR) is 110 cm³/mol. The first-order chi connectivity index (χ1) is 11.5. The van der Waals surface area contributed by atoms with E-state index in [4.69, 9.17) is 15.3 Å². The molecule has 0 spiro atoms. The molecule has 2 rings (SSSR count). The first kappa shape index (κ1) is 23.0. The van der Waals surface area contributed by atoms with Crippen molar-refractivity contribution in [1.82, 2.24) is 0 Å². The van der Waals surface area contributed by atoms with Crippen molar-refractivity contribution < 1.29 is 9.59 Å². The van der Waals surface area contributed by atoms with Gasteiger partial charge in [0.15, 0.2) is 12.6 Å². The number of rotatable bonds is 5. The van der Waals surface area contributed by atoms with E-state index in [1.165, 1.54) is 26.3 Å². The maximum Gasteiger partial charge on any atom is 0.153 e. The van der Waals surface area contributed by atoms with E-state index in [1.807, 2.05) is 0 Å². The van der Waals surface area contributed by atoms with Gasteiger partial charge < -0.3 is 0 Å². The van der Waals surface area contributed by atoms with Crippen molar-refractivity contribution in [2.45, 2.75) is 23.8 Å². The number of aryl methyl sites for hydroxylation is 1. The molecule has 1 atom stereocenters. The molecule has 0 aromatic heterocycles. The van der Waals surface area contributed by atoms with E-state index in [-0.39, 0.29) is 6.04 Å². The number of hydrogen-bond acceptors (Lipinski definition) is 5. The fourth-order valence-electron chi connectivity index (χ4n) is 2.08. The molecule has 0 fully saturated rings. The van der Waals surface area contributed by atoms with Crippen molar-refractivity contribution >= 4 is 81.0 Å². The fourth-order valence-corrected chi connectivity index (χ4v) is 2.85. The molecule has 0 heterocycles. The van der Waals surface area contributed by atoms with Crippen LogP contribution in [0.3, 0.4) is 0 Å². The van der Waals surface area contributed by atoms with Crippen LogP contribution in [0.15, 0.2) is 36.4 Å². The molecule has 2 aromatic carbocycles. The van der Waals surface area contributed by atoms with Crippen molar-refractivity contribution in [3.8, 4) is 0 Å². The topological polar surface area (TPSA) is 60.2 Å². The SMILES string of the molecule is CC(N)c1cc2ccccc2cc1C[CH2][Sn].O=CC=S.O=CC=S. The Morgan fingerprint density at radius 1 is 1.08 bits per heavy atom. The zero-order valence-corrected chi connectivity index (χ0v) is 18.0. The van der Waals surface area contributed by atoms with E-state index in [0.29, 0.717) is 12.6 Å². The zero-order valence-electron chi connectivity index (χ0n) is 13.5. The summed E-state index contributed by atoms with van der Waals surface area (Å²) in [6.07, 6.45) is 2.28. The van der Waals surface area contributed by atoms with Crippen LogP contribution in [0.2, 0.25) is 4.44 Å². The first-order valence-corrected chi connectivity index (χ1v) is 10.2. The molecular weight excluding hydrogens is 445 g/mol. The summed E-state index contributed by atoms with van der Waals surface area (Å²) < 4.78 is 1.25. The molecule has 0 aliphatic heterocycles. The van der Waals surface area contributed by atoms with Crippen molar-refractivity contribution in [1.29, 1.82) is 0 Å². The molecular formula is C18H20NO2S2Sn. The largest absolute Gasteiger partial charge is 0.298 e. The molecule has 0 saturated carbocycles. The number of nitrogens with two attached hydrogens (primary N) is 1. The van der Waals surface area contributed by atoms with E-state index in [0.717, 1.165) is 17.2 Å². The Labute approximate surface area is 167 Å². The van der Waals surface area contributed by atoms with Gasteiger partial charge in [0.2, 0.25) is 0 Å². The second kappa shape index (κ2) is 14.3. The summed E-state index contributed by atoms with van der Waals surface area (Å²) >= 11 is 9.71. The number of benzene rings is 2. The average Bonchev–Trinajstić information content (AvgIpc) is 2.61. The van der Waals surface area contributed by atoms with Crippen LogP contribution < -0.4 is 5.73 Å². The summed E-state index contributed by atoms with van der Waals surface area (Å²) in [6.45, 7) is 2.07. The van der Waals surface area contributed by atoms with Gasteiger partial charge in [0.1, 0.15) is 0 Å². The van der Waals surface area contributed by atoms with Crippen LogP contribution in [-0.2, 0) is 16.0 Å². The summed E-state index contributed by atoms with van der Waals surface area (Å²) in [5.41, 5.74) is 8.77. The number of aldehydes is 2. The van der Waals surface area contributed by atoms with Crippen LogP contribution in [0.4, 0.5) is 0 Å². The van der Waals surface area contributed by atoms with E-state index in [2.05, 4.69) is 67.8 Å². The third kappa shape index (κ3) is 8.73. The Kier molecular flexibility index (Phi) is 13.7. The van der Waals surface area contributed by atoms with Crippen molar-refractivity contribution in [2.24, 2.45) is 5.73 Å². The van der Waals surface area contributed by atoms with Crippen LogP contribution >= 0.6 is 24.4 Å². The Morgan fingerprint density at radius 2 is 1.54 bits per heavy atom. The summed E-state index contributed by atoms with van der Waals surface area (Å²) in [5.74, 6) is 0. The van der Waals surface area contributed by atoms with E-state index in [9.17, 15) is 0 Å². The van der Waals surface area contributed by atoms with Crippen LogP contribution in [0.1, 0.15) is 24.1 Å². The molecule has 0 saturated heterocycles. The van der Waals surface area contributed by atoms with Gasteiger partial charge in [0.25, 0.3) is 0 Å². The molecule has 0 aliphatic rings. The molecule has 0 bridgehead atoms. The molecule has 125 valence electrons. The molecule has 1 unspecified atom stereocenters. The number of hydrogen-bond donors (Lipinski definition) is 1. The van der Waals surface area contributed by atoms with Gasteiger partial charge in [-0.3, -0.25) is 9.59 Å². The van der Waals surface area contributed by atoms with Gasteiger partial charge in [-0.15, -0.1) is 0 Å². The Morgan fingerprint density at radius 3 is 1.92 bits per heavy atom. The van der Waals surface area contributed by atoms with Crippen LogP contribution in [0.5, 0.6) is 0 Å². The van der Waals surface area contributed by atoms with Crippen LogP contribution in [0, 0.1) is 0 Å². The predicted octanol–water partition coefficient (Wildman–Crippen LogP) is 3.36. The third-order valence-electron chi connectivity index (χ3n) is 3.00. The minimum absolute atomic E-state index is 0.127. The second-order valence-electron chi connectivity index (χ2n) is 4.73. The third-order valence-corrected chi connectivity index (χ3v) is 3.94. The summed E-state index contributed by atoms with van der Waals surface area (Å²) in [7, 11) is 0.